The van der Waals surface area contributed by atoms with Crippen LogP contribution in [0.25, 0.3) is 22.2 Å². The number of alkyl carbamates (subject to hydrolysis) is 1. The average molecular weight is 417 g/mol. The number of fused-ring (bicyclic) bond motifs is 5. The third-order valence-corrected chi connectivity index (χ3v) is 7.34. The number of aryl methyl sites for hydroxylation is 1. The fourth-order valence-corrected chi connectivity index (χ4v) is 5.61. The Labute approximate surface area is 182 Å². The van der Waals surface area contributed by atoms with Crippen LogP contribution >= 0.6 is 0 Å². The molecule has 3 fully saturated rings. The molecule has 0 radical (unpaired) electrons. The zero-order chi connectivity index (χ0) is 20.8. The molecule has 5 heterocycles. The van der Waals surface area contributed by atoms with Crippen LogP contribution in [0.4, 0.5) is 4.79 Å². The number of hydrogen-bond donors (Lipinski definition) is 2. The Morgan fingerprint density at radius 2 is 2.03 bits per heavy atom. The minimum absolute atomic E-state index is 0.163. The lowest BCUT2D eigenvalue weighted by molar-refractivity contribution is 0.0504. The molecule has 2 atom stereocenters. The zero-order valence-corrected chi connectivity index (χ0v) is 17.6. The van der Waals surface area contributed by atoms with E-state index >= 15 is 0 Å². The van der Waals surface area contributed by atoms with Crippen LogP contribution in [0.3, 0.4) is 0 Å². The molecule has 1 aliphatic carbocycles. The van der Waals surface area contributed by atoms with E-state index in [2.05, 4.69) is 44.5 Å². The van der Waals surface area contributed by atoms with Crippen molar-refractivity contribution in [1.82, 2.24) is 20.2 Å². The van der Waals surface area contributed by atoms with E-state index in [1.54, 1.807) is 0 Å². The van der Waals surface area contributed by atoms with Crippen molar-refractivity contribution in [3.8, 4) is 11.1 Å². The lowest BCUT2D eigenvalue weighted by atomic mass is 9.84. The second kappa shape index (κ2) is 7.68. The second-order valence-corrected chi connectivity index (χ2v) is 9.23. The number of pyridine rings is 1. The van der Waals surface area contributed by atoms with Crippen LogP contribution in [0.1, 0.15) is 42.9 Å². The standard InChI is InChI=1S/C25H28N4O2/c30-25(28-22-15-29-10-7-16(22)8-11-29)31-23-3-1-2-18-12-17(4-5-21(18)23)20-13-19-6-9-26-24(19)27-14-20/h4-6,9,12-14,16,22-23H,1-3,7-8,10-11,15H2,(H,26,27)(H,28,30)/t22-,23?/m1/s1. The van der Waals surface area contributed by atoms with E-state index in [1.165, 1.54) is 31.5 Å². The number of ether oxygens (including phenoxy) is 1. The molecule has 6 nitrogen and oxygen atoms in total. The summed E-state index contributed by atoms with van der Waals surface area (Å²) in [6, 6.07) is 10.9. The molecular formula is C25H28N4O2. The largest absolute Gasteiger partial charge is 0.441 e. The molecule has 1 unspecified atom stereocenters. The van der Waals surface area contributed by atoms with Gasteiger partial charge in [-0.05, 0) is 79.9 Å². The smallest absolute Gasteiger partial charge is 0.408 e. The minimum Gasteiger partial charge on any atom is -0.441 e. The van der Waals surface area contributed by atoms with Crippen molar-refractivity contribution in [3.63, 3.8) is 0 Å². The molecule has 2 N–H and O–H groups in total. The topological polar surface area (TPSA) is 70.2 Å². The van der Waals surface area contributed by atoms with Gasteiger partial charge in [-0.1, -0.05) is 18.2 Å². The Morgan fingerprint density at radius 1 is 1.13 bits per heavy atom. The van der Waals surface area contributed by atoms with Crippen molar-refractivity contribution in [2.75, 3.05) is 19.6 Å². The van der Waals surface area contributed by atoms with Gasteiger partial charge in [0.25, 0.3) is 0 Å². The van der Waals surface area contributed by atoms with Crippen molar-refractivity contribution in [1.29, 1.82) is 0 Å². The van der Waals surface area contributed by atoms with E-state index in [9.17, 15) is 4.79 Å². The van der Waals surface area contributed by atoms with Gasteiger partial charge < -0.3 is 19.9 Å². The summed E-state index contributed by atoms with van der Waals surface area (Å²) >= 11 is 0. The van der Waals surface area contributed by atoms with Crippen LogP contribution in [0.5, 0.6) is 0 Å². The van der Waals surface area contributed by atoms with Crippen molar-refractivity contribution in [2.45, 2.75) is 44.2 Å². The van der Waals surface area contributed by atoms with Crippen molar-refractivity contribution in [2.24, 2.45) is 5.92 Å². The van der Waals surface area contributed by atoms with Gasteiger partial charge >= 0.3 is 6.09 Å². The number of carbonyl (C=O) groups is 1. The number of hydrogen-bond acceptors (Lipinski definition) is 4. The van der Waals surface area contributed by atoms with Gasteiger partial charge in [-0.2, -0.15) is 0 Å². The Kier molecular flexibility index (Phi) is 4.68. The molecule has 160 valence electrons. The first kappa shape index (κ1) is 18.9. The summed E-state index contributed by atoms with van der Waals surface area (Å²) in [6.07, 6.45) is 8.71. The van der Waals surface area contributed by atoms with E-state index in [0.717, 1.165) is 53.5 Å². The molecule has 6 heteroatoms. The molecule has 3 aliphatic heterocycles. The van der Waals surface area contributed by atoms with Crippen LogP contribution in [0.15, 0.2) is 42.7 Å². The summed E-state index contributed by atoms with van der Waals surface area (Å²) < 4.78 is 5.94. The molecule has 1 amide bonds. The zero-order valence-electron chi connectivity index (χ0n) is 17.6. The summed E-state index contributed by atoms with van der Waals surface area (Å²) in [5.74, 6) is 0.602. The van der Waals surface area contributed by atoms with E-state index in [4.69, 9.17) is 4.74 Å². The number of amides is 1. The maximum Gasteiger partial charge on any atom is 0.408 e. The molecule has 0 spiro atoms. The van der Waals surface area contributed by atoms with E-state index in [-0.39, 0.29) is 18.2 Å². The van der Waals surface area contributed by atoms with Crippen LogP contribution in [0.2, 0.25) is 0 Å². The highest BCUT2D eigenvalue weighted by atomic mass is 16.6. The van der Waals surface area contributed by atoms with Crippen LogP contribution in [-0.2, 0) is 11.2 Å². The van der Waals surface area contributed by atoms with E-state index < -0.39 is 0 Å². The number of nitrogens with one attached hydrogen (secondary N) is 2. The third kappa shape index (κ3) is 3.59. The average Bonchev–Trinajstić information content (AvgIpc) is 3.28. The van der Waals surface area contributed by atoms with Crippen LogP contribution in [-0.4, -0.2) is 46.6 Å². The first-order chi connectivity index (χ1) is 15.2. The number of nitrogens with zero attached hydrogens (tertiary/aromatic N) is 2. The molecule has 2 bridgehead atoms. The SMILES string of the molecule is O=C(N[C@@H]1CN2CCC1CC2)OC1CCCc2cc(-c3cnc4[nH]ccc4c3)ccc21. The predicted octanol–water partition coefficient (Wildman–Crippen LogP) is 4.43. The molecule has 31 heavy (non-hydrogen) atoms. The van der Waals surface area contributed by atoms with Gasteiger partial charge in [0.05, 0.1) is 0 Å². The molecule has 4 aliphatic rings. The number of benzene rings is 1. The maximum absolute atomic E-state index is 12.7. The van der Waals surface area contributed by atoms with Gasteiger partial charge in [-0.3, -0.25) is 0 Å². The predicted molar refractivity (Wildman–Crippen MR) is 120 cm³/mol. The maximum atomic E-state index is 12.7. The second-order valence-electron chi connectivity index (χ2n) is 9.23. The van der Waals surface area contributed by atoms with E-state index in [0.29, 0.717) is 5.92 Å². The lowest BCUT2D eigenvalue weighted by Crippen LogP contribution is -2.57. The Hall–Kier alpha value is -2.86. The van der Waals surface area contributed by atoms with Crippen molar-refractivity contribution >= 4 is 17.1 Å². The lowest BCUT2D eigenvalue weighted by Gasteiger charge is -2.44. The summed E-state index contributed by atoms with van der Waals surface area (Å²) in [7, 11) is 0. The summed E-state index contributed by atoms with van der Waals surface area (Å²) in [5.41, 5.74) is 5.60. The number of carbonyl (C=O) groups excluding carboxylic acids is 1. The van der Waals surface area contributed by atoms with Crippen molar-refractivity contribution in [3.05, 3.63) is 53.9 Å². The molecular weight excluding hydrogens is 388 g/mol. The summed E-state index contributed by atoms with van der Waals surface area (Å²) in [5, 5.41) is 4.28. The Morgan fingerprint density at radius 3 is 2.87 bits per heavy atom. The fourth-order valence-electron chi connectivity index (χ4n) is 5.61. The van der Waals surface area contributed by atoms with Gasteiger partial charge in [0, 0.05) is 35.9 Å². The van der Waals surface area contributed by atoms with E-state index in [1.807, 2.05) is 18.5 Å². The highest BCUT2D eigenvalue weighted by molar-refractivity contribution is 5.81. The first-order valence-corrected chi connectivity index (χ1v) is 11.5. The number of aromatic amines is 1. The van der Waals surface area contributed by atoms with Crippen LogP contribution in [0, 0.1) is 5.92 Å². The molecule has 3 aromatic rings. The normalized spacial score (nSPS) is 27.1. The summed E-state index contributed by atoms with van der Waals surface area (Å²) in [6.45, 7) is 3.30. The monoisotopic (exact) mass is 416 g/mol. The molecule has 1 aromatic carbocycles. The Balaban J connectivity index is 1.18. The van der Waals surface area contributed by atoms with Crippen molar-refractivity contribution < 1.29 is 9.53 Å². The minimum atomic E-state index is -0.261. The highest BCUT2D eigenvalue weighted by Crippen LogP contribution is 2.36. The van der Waals surface area contributed by atoms with Gasteiger partial charge in [-0.25, -0.2) is 9.78 Å². The number of rotatable bonds is 3. The Bertz CT molecular complexity index is 1120. The fraction of sp³-hybridized carbons (Fsp3) is 0.440. The quantitative estimate of drug-likeness (QED) is 0.663. The van der Waals surface area contributed by atoms with Gasteiger partial charge in [0.2, 0.25) is 0 Å². The van der Waals surface area contributed by atoms with Crippen LogP contribution < -0.4 is 5.32 Å². The van der Waals surface area contributed by atoms with Gasteiger partial charge in [0.1, 0.15) is 11.8 Å². The number of H-pyrrole nitrogens is 1. The molecule has 0 saturated carbocycles. The number of aromatic nitrogens is 2. The molecule has 2 aromatic heterocycles. The van der Waals surface area contributed by atoms with Gasteiger partial charge in [-0.15, -0.1) is 0 Å². The number of piperidine rings is 3. The van der Waals surface area contributed by atoms with Gasteiger partial charge in [0.15, 0.2) is 0 Å². The first-order valence-electron chi connectivity index (χ1n) is 11.5. The third-order valence-electron chi connectivity index (χ3n) is 7.34. The molecule has 7 rings (SSSR count). The molecule has 3 saturated heterocycles. The summed E-state index contributed by atoms with van der Waals surface area (Å²) in [4.78, 5) is 22.8. The highest BCUT2D eigenvalue weighted by Gasteiger charge is 2.35.